The Morgan fingerprint density at radius 2 is 1.86 bits per heavy atom. The first kappa shape index (κ1) is 29.4. The van der Waals surface area contributed by atoms with Gasteiger partial charge in [0.15, 0.2) is 17.2 Å². The van der Waals surface area contributed by atoms with E-state index in [1.807, 2.05) is 52.5 Å². The summed E-state index contributed by atoms with van der Waals surface area (Å²) in [7, 11) is 0. The Hall–Kier alpha value is -3.64. The molecule has 0 aromatic carbocycles. The number of ether oxygens (including phenoxy) is 3. The van der Waals surface area contributed by atoms with Gasteiger partial charge in [0, 0.05) is 38.9 Å². The number of carbonyl (C=O) groups is 1. The van der Waals surface area contributed by atoms with Gasteiger partial charge in [0.25, 0.3) is 0 Å². The first-order valence-electron chi connectivity index (χ1n) is 14.8. The molecule has 3 aromatic heterocycles. The molecule has 1 amide bonds. The Bertz CT molecular complexity index is 1630. The monoisotopic (exact) mass is 611 g/mol. The van der Waals surface area contributed by atoms with Gasteiger partial charge in [-0.1, -0.05) is 25.4 Å². The fourth-order valence-electron chi connectivity index (χ4n) is 5.93. The van der Waals surface area contributed by atoms with Crippen molar-refractivity contribution < 1.29 is 19.0 Å². The standard InChI is InChI=1S/C30H38ClN7O5/c1-17(2)22-23(18(3)7-8-32-22)38-26-20-24(21(31)27(33-26)35-11-13-41-14-12-35)42-16-19-15-36(29(40)43-30(4,5)6)9-10-37(19)25(20)34-28(38)39/h7-8,17,19H,9-16H2,1-6H3/t19-/m1/s1. The summed E-state index contributed by atoms with van der Waals surface area (Å²) in [5.41, 5.74) is 1.63. The van der Waals surface area contributed by atoms with E-state index in [1.165, 1.54) is 0 Å². The maximum Gasteiger partial charge on any atom is 0.410 e. The van der Waals surface area contributed by atoms with E-state index in [-0.39, 0.29) is 24.7 Å². The molecule has 0 aliphatic carbocycles. The van der Waals surface area contributed by atoms with Crippen molar-refractivity contribution in [2.45, 2.75) is 59.1 Å². The van der Waals surface area contributed by atoms with E-state index >= 15 is 0 Å². The summed E-state index contributed by atoms with van der Waals surface area (Å²) in [6.45, 7) is 15.3. The normalized spacial score (nSPS) is 18.9. The van der Waals surface area contributed by atoms with Crippen LogP contribution >= 0.6 is 11.6 Å². The molecule has 6 heterocycles. The summed E-state index contributed by atoms with van der Waals surface area (Å²) in [6.07, 6.45) is 1.37. The molecule has 0 radical (unpaired) electrons. The van der Waals surface area contributed by atoms with Gasteiger partial charge >= 0.3 is 11.8 Å². The molecule has 230 valence electrons. The van der Waals surface area contributed by atoms with Crippen molar-refractivity contribution in [2.75, 3.05) is 62.3 Å². The largest absolute Gasteiger partial charge is 0.489 e. The third-order valence-corrected chi connectivity index (χ3v) is 8.29. The van der Waals surface area contributed by atoms with Crippen LogP contribution in [0.2, 0.25) is 5.02 Å². The molecule has 0 spiro atoms. The summed E-state index contributed by atoms with van der Waals surface area (Å²) in [5, 5.41) is 0.922. The Balaban J connectivity index is 1.56. The highest BCUT2D eigenvalue weighted by atomic mass is 35.5. The second kappa shape index (κ2) is 11.1. The van der Waals surface area contributed by atoms with Crippen molar-refractivity contribution in [2.24, 2.45) is 0 Å². The molecule has 1 atom stereocenters. The number of nitrogens with zero attached hydrogens (tertiary/aromatic N) is 7. The lowest BCUT2D eigenvalue weighted by molar-refractivity contribution is 0.0202. The number of piperazine rings is 1. The fraction of sp³-hybridized carbons (Fsp3) is 0.567. The average molecular weight is 612 g/mol. The zero-order chi connectivity index (χ0) is 30.6. The number of aromatic nitrogens is 4. The van der Waals surface area contributed by atoms with E-state index in [2.05, 4.69) is 14.9 Å². The molecule has 2 fully saturated rings. The highest BCUT2D eigenvalue weighted by Crippen LogP contribution is 2.45. The Kier molecular flexibility index (Phi) is 7.62. The maximum absolute atomic E-state index is 14.1. The number of hydrogen-bond acceptors (Lipinski definition) is 10. The number of halogens is 1. The molecule has 0 saturated carbocycles. The van der Waals surface area contributed by atoms with E-state index in [0.717, 1.165) is 11.3 Å². The summed E-state index contributed by atoms with van der Waals surface area (Å²) >= 11 is 7.10. The lowest BCUT2D eigenvalue weighted by atomic mass is 10.0. The number of fused-ring (bicyclic) bond motifs is 2. The van der Waals surface area contributed by atoms with Crippen LogP contribution in [0, 0.1) is 6.92 Å². The zero-order valence-electron chi connectivity index (χ0n) is 25.5. The quantitative estimate of drug-likeness (QED) is 0.432. The molecule has 12 nitrogen and oxygen atoms in total. The number of hydrogen-bond donors (Lipinski definition) is 0. The van der Waals surface area contributed by atoms with Crippen LogP contribution in [0.15, 0.2) is 17.1 Å². The van der Waals surface area contributed by atoms with E-state index in [1.54, 1.807) is 15.7 Å². The fourth-order valence-corrected chi connectivity index (χ4v) is 6.24. The van der Waals surface area contributed by atoms with E-state index in [4.69, 9.17) is 30.8 Å². The molecule has 0 N–H and O–H groups in total. The molecule has 3 aliphatic heterocycles. The summed E-state index contributed by atoms with van der Waals surface area (Å²) in [4.78, 5) is 47.3. The van der Waals surface area contributed by atoms with Gasteiger partial charge in [-0.05, 0) is 45.2 Å². The van der Waals surface area contributed by atoms with Gasteiger partial charge in [-0.2, -0.15) is 4.98 Å². The van der Waals surface area contributed by atoms with E-state index in [9.17, 15) is 9.59 Å². The Morgan fingerprint density at radius 1 is 1.12 bits per heavy atom. The molecule has 0 unspecified atom stereocenters. The van der Waals surface area contributed by atoms with E-state index in [0.29, 0.717) is 85.1 Å². The van der Waals surface area contributed by atoms with Crippen LogP contribution in [-0.2, 0) is 9.47 Å². The van der Waals surface area contributed by atoms with Crippen molar-refractivity contribution in [3.63, 3.8) is 0 Å². The third kappa shape index (κ3) is 5.35. The third-order valence-electron chi connectivity index (χ3n) is 7.95. The number of amides is 1. The molecule has 43 heavy (non-hydrogen) atoms. The highest BCUT2D eigenvalue weighted by Gasteiger charge is 2.39. The molecule has 0 bridgehead atoms. The van der Waals surface area contributed by atoms with Gasteiger partial charge < -0.3 is 28.9 Å². The second-order valence-corrected chi connectivity index (χ2v) is 12.9. The van der Waals surface area contributed by atoms with Crippen molar-refractivity contribution in [1.29, 1.82) is 0 Å². The number of morpholine rings is 1. The van der Waals surface area contributed by atoms with Gasteiger partial charge in [-0.3, -0.25) is 4.98 Å². The number of carbonyl (C=O) groups excluding carboxylic acids is 1. The average Bonchev–Trinajstić information content (AvgIpc) is 3.12. The summed E-state index contributed by atoms with van der Waals surface area (Å²) < 4.78 is 19.3. The maximum atomic E-state index is 14.1. The molecular weight excluding hydrogens is 574 g/mol. The van der Waals surface area contributed by atoms with Crippen LogP contribution in [0.1, 0.15) is 51.8 Å². The van der Waals surface area contributed by atoms with Gasteiger partial charge in [0.05, 0.1) is 30.6 Å². The molecule has 3 aliphatic rings. The van der Waals surface area contributed by atoms with E-state index < -0.39 is 11.3 Å². The lowest BCUT2D eigenvalue weighted by Gasteiger charge is -2.41. The van der Waals surface area contributed by atoms with Crippen molar-refractivity contribution in [3.05, 3.63) is 39.0 Å². The van der Waals surface area contributed by atoms with Crippen LogP contribution in [0.25, 0.3) is 16.7 Å². The number of pyridine rings is 2. The molecule has 2 saturated heterocycles. The minimum atomic E-state index is -0.614. The van der Waals surface area contributed by atoms with Crippen molar-refractivity contribution in [3.8, 4) is 11.4 Å². The van der Waals surface area contributed by atoms with Crippen LogP contribution < -0.4 is 20.2 Å². The first-order chi connectivity index (χ1) is 20.4. The van der Waals surface area contributed by atoms with Crippen LogP contribution in [-0.4, -0.2) is 94.7 Å². The highest BCUT2D eigenvalue weighted by molar-refractivity contribution is 6.36. The van der Waals surface area contributed by atoms with Crippen molar-refractivity contribution in [1.82, 2.24) is 24.4 Å². The van der Waals surface area contributed by atoms with Crippen LogP contribution in [0.4, 0.5) is 16.4 Å². The summed E-state index contributed by atoms with van der Waals surface area (Å²) in [5.74, 6) is 1.45. The van der Waals surface area contributed by atoms with Crippen LogP contribution in [0.3, 0.4) is 0 Å². The topological polar surface area (TPSA) is 115 Å². The molecule has 6 rings (SSSR count). The van der Waals surface area contributed by atoms with Crippen LogP contribution in [0.5, 0.6) is 5.75 Å². The lowest BCUT2D eigenvalue weighted by Crippen LogP contribution is -2.57. The minimum Gasteiger partial charge on any atom is -0.489 e. The molecule has 13 heteroatoms. The zero-order valence-corrected chi connectivity index (χ0v) is 26.3. The van der Waals surface area contributed by atoms with Gasteiger partial charge in [-0.25, -0.2) is 19.1 Å². The number of aryl methyl sites for hydroxylation is 1. The first-order valence-corrected chi connectivity index (χ1v) is 15.1. The van der Waals surface area contributed by atoms with Gasteiger partial charge in [0.1, 0.15) is 28.4 Å². The van der Waals surface area contributed by atoms with Crippen molar-refractivity contribution >= 4 is 40.4 Å². The molecule has 3 aromatic rings. The Labute approximate surface area is 255 Å². The smallest absolute Gasteiger partial charge is 0.410 e. The SMILES string of the molecule is Cc1ccnc(C(C)C)c1-n1c(=O)nc2c3c(c(Cl)c(N4CCOCC4)nc31)OC[C@H]1CN(C(=O)OC(C)(C)C)CCN21. The van der Waals surface area contributed by atoms with Gasteiger partial charge in [0.2, 0.25) is 0 Å². The summed E-state index contributed by atoms with van der Waals surface area (Å²) in [6, 6.07) is 1.60. The number of rotatable bonds is 3. The predicted molar refractivity (Wildman–Crippen MR) is 164 cm³/mol. The molecular formula is C30H38ClN7O5. The predicted octanol–water partition coefficient (Wildman–Crippen LogP) is 3.92. The van der Waals surface area contributed by atoms with Gasteiger partial charge in [-0.15, -0.1) is 0 Å². The Morgan fingerprint density at radius 3 is 2.56 bits per heavy atom. The second-order valence-electron chi connectivity index (χ2n) is 12.5. The minimum absolute atomic E-state index is 0.0410. The number of anilines is 2.